The summed E-state index contributed by atoms with van der Waals surface area (Å²) in [6.45, 7) is 4.13. The van der Waals surface area contributed by atoms with Gasteiger partial charge in [-0.2, -0.15) is 0 Å². The second-order valence-corrected chi connectivity index (χ2v) is 5.30. The van der Waals surface area contributed by atoms with Gasteiger partial charge in [-0.15, -0.1) is 0 Å². The first-order valence-corrected chi connectivity index (χ1v) is 7.35. The standard InChI is InChI=1S/C14H16BrN5O2/c1-3-22-10-5-4-8(6-9(10)15)12-11(13(21)20-17)7(2)18-14(16)19-12/h4-6H,3,17H2,1-2H3,(H,20,21)(H2,16,18,19). The molecule has 0 saturated heterocycles. The number of rotatable bonds is 4. The second kappa shape index (κ2) is 6.71. The number of nitrogens with zero attached hydrogens (tertiary/aromatic N) is 2. The molecule has 5 N–H and O–H groups in total. The van der Waals surface area contributed by atoms with Gasteiger partial charge in [0.2, 0.25) is 5.95 Å². The minimum absolute atomic E-state index is 0.0890. The van der Waals surface area contributed by atoms with Crippen molar-refractivity contribution in [1.82, 2.24) is 15.4 Å². The van der Waals surface area contributed by atoms with Crippen LogP contribution in [0.4, 0.5) is 5.95 Å². The van der Waals surface area contributed by atoms with Crippen LogP contribution in [-0.4, -0.2) is 22.5 Å². The van der Waals surface area contributed by atoms with Gasteiger partial charge in [0, 0.05) is 5.56 Å². The topological polar surface area (TPSA) is 116 Å². The maximum atomic E-state index is 12.0. The Morgan fingerprint density at radius 1 is 1.41 bits per heavy atom. The number of hydrogen-bond donors (Lipinski definition) is 3. The number of benzene rings is 1. The largest absolute Gasteiger partial charge is 0.493 e. The van der Waals surface area contributed by atoms with Gasteiger partial charge >= 0.3 is 0 Å². The Kier molecular flexibility index (Phi) is 4.94. The molecule has 0 unspecified atom stereocenters. The van der Waals surface area contributed by atoms with Crippen molar-refractivity contribution >= 4 is 27.8 Å². The molecule has 1 amide bonds. The zero-order valence-corrected chi connectivity index (χ0v) is 13.8. The Balaban J connectivity index is 2.61. The maximum Gasteiger partial charge on any atom is 0.269 e. The van der Waals surface area contributed by atoms with Gasteiger partial charge < -0.3 is 10.5 Å². The first kappa shape index (κ1) is 16.2. The zero-order chi connectivity index (χ0) is 16.3. The van der Waals surface area contributed by atoms with Crippen LogP contribution in [0, 0.1) is 6.92 Å². The van der Waals surface area contributed by atoms with Crippen LogP contribution in [0.2, 0.25) is 0 Å². The van der Waals surface area contributed by atoms with E-state index in [1.54, 1.807) is 25.1 Å². The van der Waals surface area contributed by atoms with Crippen molar-refractivity contribution in [3.05, 3.63) is 33.9 Å². The molecule has 1 aromatic heterocycles. The molecule has 0 aliphatic carbocycles. The molecular weight excluding hydrogens is 350 g/mol. The van der Waals surface area contributed by atoms with E-state index in [0.717, 1.165) is 4.47 Å². The molecule has 0 fully saturated rings. The summed E-state index contributed by atoms with van der Waals surface area (Å²) in [7, 11) is 0. The number of aryl methyl sites for hydroxylation is 1. The number of halogens is 1. The third-order valence-electron chi connectivity index (χ3n) is 2.97. The lowest BCUT2D eigenvalue weighted by atomic mass is 10.0. The molecule has 0 aliphatic rings. The highest BCUT2D eigenvalue weighted by molar-refractivity contribution is 9.10. The van der Waals surface area contributed by atoms with Crippen LogP contribution in [0.1, 0.15) is 23.0 Å². The van der Waals surface area contributed by atoms with E-state index >= 15 is 0 Å². The zero-order valence-electron chi connectivity index (χ0n) is 12.2. The third-order valence-corrected chi connectivity index (χ3v) is 3.59. The van der Waals surface area contributed by atoms with Crippen LogP contribution in [0.15, 0.2) is 22.7 Å². The summed E-state index contributed by atoms with van der Waals surface area (Å²) >= 11 is 3.44. The van der Waals surface area contributed by atoms with E-state index in [1.807, 2.05) is 6.92 Å². The van der Waals surface area contributed by atoms with E-state index in [9.17, 15) is 4.79 Å². The average Bonchev–Trinajstić information content (AvgIpc) is 2.48. The van der Waals surface area contributed by atoms with Crippen LogP contribution in [-0.2, 0) is 0 Å². The number of hydrogen-bond acceptors (Lipinski definition) is 6. The molecular formula is C14H16BrN5O2. The Bertz CT molecular complexity index is 721. The molecule has 1 aromatic carbocycles. The number of carbonyl (C=O) groups excluding carboxylic acids is 1. The number of nitrogens with one attached hydrogen (secondary N) is 1. The highest BCUT2D eigenvalue weighted by atomic mass is 79.9. The predicted octanol–water partition coefficient (Wildman–Crippen LogP) is 1.80. The highest BCUT2D eigenvalue weighted by Gasteiger charge is 2.19. The summed E-state index contributed by atoms with van der Waals surface area (Å²) in [5.41, 5.74) is 9.66. The van der Waals surface area contributed by atoms with Crippen LogP contribution in [0.25, 0.3) is 11.3 Å². The van der Waals surface area contributed by atoms with Gasteiger partial charge in [-0.25, -0.2) is 15.8 Å². The molecule has 1 heterocycles. The van der Waals surface area contributed by atoms with Gasteiger partial charge in [0.05, 0.1) is 28.0 Å². The molecule has 7 nitrogen and oxygen atoms in total. The van der Waals surface area contributed by atoms with Crippen molar-refractivity contribution in [2.75, 3.05) is 12.3 Å². The monoisotopic (exact) mass is 365 g/mol. The normalized spacial score (nSPS) is 10.4. The van der Waals surface area contributed by atoms with E-state index < -0.39 is 5.91 Å². The summed E-state index contributed by atoms with van der Waals surface area (Å²) < 4.78 is 6.22. The van der Waals surface area contributed by atoms with Gasteiger partial charge in [0.15, 0.2) is 0 Å². The number of carbonyl (C=O) groups is 1. The molecule has 2 aromatic rings. The van der Waals surface area contributed by atoms with E-state index in [-0.39, 0.29) is 11.5 Å². The van der Waals surface area contributed by atoms with Crippen LogP contribution in [0.5, 0.6) is 5.75 Å². The molecule has 22 heavy (non-hydrogen) atoms. The lowest BCUT2D eigenvalue weighted by Crippen LogP contribution is -2.31. The van der Waals surface area contributed by atoms with Crippen molar-refractivity contribution in [3.8, 4) is 17.0 Å². The quantitative estimate of drug-likeness (QED) is 0.432. The minimum atomic E-state index is -0.475. The SMILES string of the molecule is CCOc1ccc(-c2nc(N)nc(C)c2C(=O)NN)cc1Br. The van der Waals surface area contributed by atoms with Gasteiger partial charge in [-0.05, 0) is 48.0 Å². The average molecular weight is 366 g/mol. The fourth-order valence-electron chi connectivity index (χ4n) is 2.07. The maximum absolute atomic E-state index is 12.0. The fraction of sp³-hybridized carbons (Fsp3) is 0.214. The molecule has 0 saturated carbocycles. The van der Waals surface area contributed by atoms with Crippen molar-refractivity contribution in [2.45, 2.75) is 13.8 Å². The number of amides is 1. The number of nitrogens with two attached hydrogens (primary N) is 2. The van der Waals surface area contributed by atoms with Gasteiger partial charge in [0.1, 0.15) is 5.75 Å². The van der Waals surface area contributed by atoms with Crippen molar-refractivity contribution in [1.29, 1.82) is 0 Å². The third kappa shape index (κ3) is 3.18. The first-order valence-electron chi connectivity index (χ1n) is 6.55. The minimum Gasteiger partial charge on any atom is -0.493 e. The molecule has 0 spiro atoms. The lowest BCUT2D eigenvalue weighted by molar-refractivity contribution is 0.0953. The summed E-state index contributed by atoms with van der Waals surface area (Å²) in [6, 6.07) is 5.39. The van der Waals surface area contributed by atoms with Crippen LogP contribution < -0.4 is 21.7 Å². The van der Waals surface area contributed by atoms with E-state index in [1.165, 1.54) is 0 Å². The van der Waals surface area contributed by atoms with E-state index in [2.05, 4.69) is 31.3 Å². The van der Waals surface area contributed by atoms with E-state index in [4.69, 9.17) is 16.3 Å². The van der Waals surface area contributed by atoms with E-state index in [0.29, 0.717) is 29.3 Å². The van der Waals surface area contributed by atoms with Gasteiger partial charge in [0.25, 0.3) is 5.91 Å². The number of aromatic nitrogens is 2. The van der Waals surface area contributed by atoms with Gasteiger partial charge in [-0.1, -0.05) is 0 Å². The predicted molar refractivity (Wildman–Crippen MR) is 87.1 cm³/mol. The van der Waals surface area contributed by atoms with Crippen molar-refractivity contribution in [3.63, 3.8) is 0 Å². The van der Waals surface area contributed by atoms with Crippen molar-refractivity contribution < 1.29 is 9.53 Å². The van der Waals surface area contributed by atoms with Crippen molar-refractivity contribution in [2.24, 2.45) is 5.84 Å². The first-order chi connectivity index (χ1) is 10.5. The van der Waals surface area contributed by atoms with Crippen LogP contribution >= 0.6 is 15.9 Å². The number of ether oxygens (including phenoxy) is 1. The smallest absolute Gasteiger partial charge is 0.269 e. The Morgan fingerprint density at radius 3 is 2.73 bits per heavy atom. The Morgan fingerprint density at radius 2 is 2.14 bits per heavy atom. The number of nitrogen functional groups attached to an aromatic ring is 2. The van der Waals surface area contributed by atoms with Gasteiger partial charge in [-0.3, -0.25) is 10.2 Å². The lowest BCUT2D eigenvalue weighted by Gasteiger charge is -2.12. The number of hydrazine groups is 1. The Hall–Kier alpha value is -2.19. The molecule has 0 radical (unpaired) electrons. The molecule has 0 aliphatic heterocycles. The fourth-order valence-corrected chi connectivity index (χ4v) is 2.56. The highest BCUT2D eigenvalue weighted by Crippen LogP contribution is 2.32. The Labute approximate surface area is 136 Å². The number of anilines is 1. The molecule has 2 rings (SSSR count). The summed E-state index contributed by atoms with van der Waals surface area (Å²) in [6.07, 6.45) is 0. The molecule has 116 valence electrons. The summed E-state index contributed by atoms with van der Waals surface area (Å²) in [4.78, 5) is 20.2. The molecule has 8 heteroatoms. The molecule has 0 bridgehead atoms. The second-order valence-electron chi connectivity index (χ2n) is 4.44. The summed E-state index contributed by atoms with van der Waals surface area (Å²) in [5.74, 6) is 5.55. The van der Waals surface area contributed by atoms with Crippen LogP contribution in [0.3, 0.4) is 0 Å². The molecule has 0 atom stereocenters. The summed E-state index contributed by atoms with van der Waals surface area (Å²) in [5, 5.41) is 0.